The van der Waals surface area contributed by atoms with E-state index in [1.54, 1.807) is 44.6 Å². The molecular weight excluding hydrogens is 585 g/mol. The Bertz CT molecular complexity index is 1940. The highest BCUT2D eigenvalue weighted by Gasteiger charge is 2.58. The average molecular weight is 615 g/mol. The second-order valence-corrected chi connectivity index (χ2v) is 11.5. The van der Waals surface area contributed by atoms with Crippen LogP contribution in [-0.2, 0) is 20.7 Å². The van der Waals surface area contributed by atoms with Crippen molar-refractivity contribution >= 4 is 16.9 Å². The van der Waals surface area contributed by atoms with Gasteiger partial charge in [0, 0.05) is 43.2 Å². The van der Waals surface area contributed by atoms with E-state index in [9.17, 15) is 9.18 Å². The normalized spacial score (nSPS) is 22.3. The van der Waals surface area contributed by atoms with E-state index < -0.39 is 34.6 Å². The Kier molecular flexibility index (Phi) is 6.99. The van der Waals surface area contributed by atoms with Crippen molar-refractivity contribution < 1.29 is 31.9 Å². The molecule has 2 aromatic heterocycles. The summed E-state index contributed by atoms with van der Waals surface area (Å²) in [5.74, 6) is -1.67. The van der Waals surface area contributed by atoms with Crippen LogP contribution in [0.15, 0.2) is 71.4 Å². The maximum Gasteiger partial charge on any atom is 0.255 e. The lowest BCUT2D eigenvalue weighted by Crippen LogP contribution is -2.59. The fourth-order valence-electron chi connectivity index (χ4n) is 6.24. The van der Waals surface area contributed by atoms with Gasteiger partial charge in [-0.25, -0.2) is 23.1 Å². The molecule has 2 aliphatic rings. The van der Waals surface area contributed by atoms with Crippen LogP contribution in [0.3, 0.4) is 0 Å². The SMILES string of the molecule is CNC(=O)c1c(-c2ccc(F)cc2)oc2ccc(-c3cc(C4(NC5(c6ncccn6)CC(OC)C5)CO4)cc(F)c3C)c(F)c12. The standard InChI is InChI=1S/C34H29F3N4O4/c1-18-24(23-9-10-26-27(29(23)37)28(31(42)38-2)30(45-26)19-5-7-21(35)8-6-19)13-20(14-25(18)36)34(17-44-34)41-33(15-22(16-33)43-3)32-39-11-4-12-40-32/h4-14,22,41H,15-17H2,1-3H3,(H,38,42). The molecule has 230 valence electrons. The van der Waals surface area contributed by atoms with Crippen molar-refractivity contribution in [2.45, 2.75) is 37.1 Å². The minimum absolute atomic E-state index is 0.00692. The van der Waals surface area contributed by atoms with Gasteiger partial charge in [0.25, 0.3) is 5.91 Å². The van der Waals surface area contributed by atoms with Gasteiger partial charge in [-0.05, 0) is 85.5 Å². The summed E-state index contributed by atoms with van der Waals surface area (Å²) in [6.45, 7) is 1.83. The molecule has 1 atom stereocenters. The quantitative estimate of drug-likeness (QED) is 0.203. The molecule has 1 unspecified atom stereocenters. The topological polar surface area (TPSA) is 102 Å². The Hall–Kier alpha value is -4.58. The molecule has 3 aromatic carbocycles. The number of rotatable bonds is 8. The number of epoxide rings is 1. The summed E-state index contributed by atoms with van der Waals surface area (Å²) in [6.07, 6.45) is 4.50. The lowest BCUT2D eigenvalue weighted by Gasteiger charge is -2.47. The molecule has 3 heterocycles. The summed E-state index contributed by atoms with van der Waals surface area (Å²) < 4.78 is 63.3. The van der Waals surface area contributed by atoms with Crippen molar-refractivity contribution in [3.63, 3.8) is 0 Å². The number of ether oxygens (including phenoxy) is 2. The van der Waals surface area contributed by atoms with E-state index >= 15 is 8.78 Å². The van der Waals surface area contributed by atoms with Gasteiger partial charge in [0.05, 0.1) is 29.2 Å². The van der Waals surface area contributed by atoms with Crippen LogP contribution in [0.4, 0.5) is 13.2 Å². The zero-order chi connectivity index (χ0) is 31.5. The number of halogens is 3. The van der Waals surface area contributed by atoms with Crippen LogP contribution in [0.1, 0.15) is 40.2 Å². The monoisotopic (exact) mass is 614 g/mol. The summed E-state index contributed by atoms with van der Waals surface area (Å²) in [7, 11) is 3.07. The van der Waals surface area contributed by atoms with Crippen LogP contribution in [0.5, 0.6) is 0 Å². The minimum Gasteiger partial charge on any atom is -0.455 e. The maximum atomic E-state index is 16.6. The Morgan fingerprint density at radius 3 is 2.38 bits per heavy atom. The fraction of sp³-hybridized carbons (Fsp3) is 0.265. The molecule has 2 fully saturated rings. The van der Waals surface area contributed by atoms with Gasteiger partial charge in [-0.15, -0.1) is 0 Å². The zero-order valence-electron chi connectivity index (χ0n) is 24.7. The number of hydrogen-bond acceptors (Lipinski definition) is 7. The number of nitrogens with one attached hydrogen (secondary N) is 2. The molecule has 1 aliphatic heterocycles. The molecule has 1 amide bonds. The number of carbonyl (C=O) groups is 1. The van der Waals surface area contributed by atoms with Crippen molar-refractivity contribution in [2.24, 2.45) is 0 Å². The Labute approximate surface area is 256 Å². The van der Waals surface area contributed by atoms with Crippen molar-refractivity contribution in [3.8, 4) is 22.5 Å². The van der Waals surface area contributed by atoms with E-state index in [0.29, 0.717) is 35.4 Å². The third kappa shape index (κ3) is 4.78. The van der Waals surface area contributed by atoms with E-state index in [1.807, 2.05) is 0 Å². The number of hydrogen-bond donors (Lipinski definition) is 2. The molecule has 11 heteroatoms. The number of benzene rings is 3. The van der Waals surface area contributed by atoms with Gasteiger partial charge in [0.15, 0.2) is 5.72 Å². The molecule has 1 aliphatic carbocycles. The van der Waals surface area contributed by atoms with Crippen molar-refractivity contribution in [2.75, 3.05) is 20.8 Å². The van der Waals surface area contributed by atoms with Crippen LogP contribution in [0.2, 0.25) is 0 Å². The first-order chi connectivity index (χ1) is 21.7. The Morgan fingerprint density at radius 2 is 1.73 bits per heavy atom. The van der Waals surface area contributed by atoms with Crippen molar-refractivity contribution in [3.05, 3.63) is 107 Å². The molecule has 8 nitrogen and oxygen atoms in total. The summed E-state index contributed by atoms with van der Waals surface area (Å²) in [6, 6.07) is 13.2. The average Bonchev–Trinajstić information content (AvgIpc) is 3.71. The molecule has 5 aromatic rings. The van der Waals surface area contributed by atoms with Crippen LogP contribution in [0, 0.1) is 24.4 Å². The molecular formula is C34H29F3N4O4. The van der Waals surface area contributed by atoms with Gasteiger partial charge in [0.1, 0.15) is 34.6 Å². The highest BCUT2D eigenvalue weighted by Crippen LogP contribution is 2.49. The van der Waals surface area contributed by atoms with Gasteiger partial charge in [-0.2, -0.15) is 0 Å². The van der Waals surface area contributed by atoms with Crippen LogP contribution in [0.25, 0.3) is 33.4 Å². The molecule has 2 N–H and O–H groups in total. The van der Waals surface area contributed by atoms with Gasteiger partial charge >= 0.3 is 0 Å². The number of amides is 1. The first-order valence-electron chi connectivity index (χ1n) is 14.5. The molecule has 0 bridgehead atoms. The summed E-state index contributed by atoms with van der Waals surface area (Å²) in [5.41, 5.74) is -0.172. The van der Waals surface area contributed by atoms with Crippen molar-refractivity contribution in [1.82, 2.24) is 20.6 Å². The Morgan fingerprint density at radius 1 is 1.02 bits per heavy atom. The van der Waals surface area contributed by atoms with Crippen LogP contribution >= 0.6 is 0 Å². The first kappa shape index (κ1) is 29.1. The third-order valence-electron chi connectivity index (χ3n) is 8.81. The molecule has 1 saturated carbocycles. The minimum atomic E-state index is -1.06. The van der Waals surface area contributed by atoms with Crippen LogP contribution < -0.4 is 10.6 Å². The summed E-state index contributed by atoms with van der Waals surface area (Å²) in [5, 5.41) is 6.03. The predicted octanol–water partition coefficient (Wildman–Crippen LogP) is 6.12. The van der Waals surface area contributed by atoms with E-state index in [4.69, 9.17) is 13.9 Å². The molecule has 1 saturated heterocycles. The third-order valence-corrected chi connectivity index (χ3v) is 8.81. The first-order valence-corrected chi connectivity index (χ1v) is 14.5. The van der Waals surface area contributed by atoms with Gasteiger partial charge in [-0.1, -0.05) is 0 Å². The lowest BCUT2D eigenvalue weighted by atomic mass is 9.72. The summed E-state index contributed by atoms with van der Waals surface area (Å²) >= 11 is 0. The second-order valence-electron chi connectivity index (χ2n) is 11.5. The number of nitrogens with zero attached hydrogens (tertiary/aromatic N) is 2. The lowest BCUT2D eigenvalue weighted by molar-refractivity contribution is -0.0518. The largest absolute Gasteiger partial charge is 0.455 e. The fourth-order valence-corrected chi connectivity index (χ4v) is 6.24. The van der Waals surface area contributed by atoms with Gasteiger partial charge in [-0.3, -0.25) is 10.1 Å². The maximum absolute atomic E-state index is 16.6. The van der Waals surface area contributed by atoms with E-state index in [0.717, 1.165) is 0 Å². The Balaban J connectivity index is 1.33. The molecule has 7 rings (SSSR count). The van der Waals surface area contributed by atoms with E-state index in [1.165, 1.54) is 43.4 Å². The number of fused-ring (bicyclic) bond motifs is 1. The highest BCUT2D eigenvalue weighted by molar-refractivity contribution is 6.12. The zero-order valence-corrected chi connectivity index (χ0v) is 24.7. The number of methoxy groups -OCH3 is 1. The van der Waals surface area contributed by atoms with Crippen molar-refractivity contribution in [1.29, 1.82) is 0 Å². The molecule has 45 heavy (non-hydrogen) atoms. The second kappa shape index (κ2) is 10.8. The predicted molar refractivity (Wildman–Crippen MR) is 160 cm³/mol. The van der Waals surface area contributed by atoms with Gasteiger partial charge in [0.2, 0.25) is 0 Å². The van der Waals surface area contributed by atoms with E-state index in [-0.39, 0.29) is 46.1 Å². The smallest absolute Gasteiger partial charge is 0.255 e. The van der Waals surface area contributed by atoms with Crippen LogP contribution in [-0.4, -0.2) is 42.7 Å². The summed E-state index contributed by atoms with van der Waals surface area (Å²) in [4.78, 5) is 22.0. The number of carbonyl (C=O) groups excluding carboxylic acids is 1. The van der Waals surface area contributed by atoms with Gasteiger partial charge < -0.3 is 19.2 Å². The van der Waals surface area contributed by atoms with E-state index in [2.05, 4.69) is 20.6 Å². The number of furan rings is 1. The highest BCUT2D eigenvalue weighted by atomic mass is 19.1. The number of aromatic nitrogens is 2. The molecule has 0 radical (unpaired) electrons. The molecule has 0 spiro atoms.